The lowest BCUT2D eigenvalue weighted by Gasteiger charge is -2.05. The molecule has 7 heteroatoms. The lowest BCUT2D eigenvalue weighted by Crippen LogP contribution is -2.11. The molecule has 0 atom stereocenters. The first-order valence-corrected chi connectivity index (χ1v) is 6.71. The van der Waals surface area contributed by atoms with Gasteiger partial charge in [-0.1, -0.05) is 6.07 Å². The van der Waals surface area contributed by atoms with E-state index >= 15 is 0 Å². The highest BCUT2D eigenvalue weighted by Crippen LogP contribution is 2.12. The molecule has 0 aliphatic heterocycles. The van der Waals surface area contributed by atoms with E-state index in [0.29, 0.717) is 6.54 Å². The van der Waals surface area contributed by atoms with E-state index in [4.69, 9.17) is 5.14 Å². The Morgan fingerprint density at radius 2 is 2.17 bits per heavy atom. The van der Waals surface area contributed by atoms with Crippen molar-refractivity contribution >= 4 is 10.0 Å². The van der Waals surface area contributed by atoms with Crippen LogP contribution in [0, 0.1) is 12.7 Å². The van der Waals surface area contributed by atoms with Crippen LogP contribution in [0.15, 0.2) is 35.5 Å². The molecular weight excluding hydrogens is 257 g/mol. The maximum atomic E-state index is 12.9. The zero-order valence-electron chi connectivity index (χ0n) is 9.67. The molecule has 96 valence electrons. The fraction of sp³-hybridized carbons (Fsp3) is 0.182. The van der Waals surface area contributed by atoms with Gasteiger partial charge in [0.1, 0.15) is 10.7 Å². The zero-order valence-corrected chi connectivity index (χ0v) is 10.5. The monoisotopic (exact) mass is 269 g/mol. The van der Waals surface area contributed by atoms with E-state index in [-0.39, 0.29) is 10.7 Å². The van der Waals surface area contributed by atoms with Crippen LogP contribution in [-0.4, -0.2) is 18.2 Å². The first-order valence-electron chi connectivity index (χ1n) is 5.16. The van der Waals surface area contributed by atoms with Crippen LogP contribution in [0.3, 0.4) is 0 Å². The number of hydrogen-bond acceptors (Lipinski definition) is 3. The van der Waals surface area contributed by atoms with E-state index in [9.17, 15) is 12.8 Å². The van der Waals surface area contributed by atoms with E-state index < -0.39 is 10.0 Å². The van der Waals surface area contributed by atoms with Gasteiger partial charge in [0.15, 0.2) is 0 Å². The number of hydrogen-bond donors (Lipinski definition) is 1. The van der Waals surface area contributed by atoms with Crippen LogP contribution in [0.5, 0.6) is 0 Å². The summed E-state index contributed by atoms with van der Waals surface area (Å²) in [7, 11) is -3.73. The highest BCUT2D eigenvalue weighted by molar-refractivity contribution is 7.89. The Balaban J connectivity index is 2.27. The standard InChI is InChI=1S/C11H12FN3O2S/c1-8-4-10(12)3-2-9(8)6-15-7-11(5-14-15)18(13,16)17/h2-5,7H,6H2,1H3,(H2,13,16,17). The molecule has 5 nitrogen and oxygen atoms in total. The molecular formula is C11H12FN3O2S. The van der Waals surface area contributed by atoms with Crippen LogP contribution in [-0.2, 0) is 16.6 Å². The Morgan fingerprint density at radius 1 is 1.44 bits per heavy atom. The van der Waals surface area contributed by atoms with Gasteiger partial charge in [-0.3, -0.25) is 4.68 Å². The summed E-state index contributed by atoms with van der Waals surface area (Å²) >= 11 is 0. The molecule has 2 N–H and O–H groups in total. The Morgan fingerprint density at radius 3 is 2.72 bits per heavy atom. The van der Waals surface area contributed by atoms with Crippen molar-refractivity contribution in [1.82, 2.24) is 9.78 Å². The largest absolute Gasteiger partial charge is 0.267 e. The highest BCUT2D eigenvalue weighted by atomic mass is 32.2. The summed E-state index contributed by atoms with van der Waals surface area (Å²) in [6.45, 7) is 2.14. The third-order valence-electron chi connectivity index (χ3n) is 2.58. The third kappa shape index (κ3) is 2.74. The number of benzene rings is 1. The van der Waals surface area contributed by atoms with E-state index in [0.717, 1.165) is 11.1 Å². The molecule has 0 saturated heterocycles. The Kier molecular flexibility index (Phi) is 3.18. The van der Waals surface area contributed by atoms with Gasteiger partial charge < -0.3 is 0 Å². The number of aryl methyl sites for hydroxylation is 1. The Labute approximate surface area is 104 Å². The Bertz CT molecular complexity index is 679. The minimum absolute atomic E-state index is 0.0396. The lowest BCUT2D eigenvalue weighted by molar-refractivity contribution is 0.597. The van der Waals surface area contributed by atoms with Crippen LogP contribution in [0.25, 0.3) is 0 Å². The van der Waals surface area contributed by atoms with E-state index in [1.807, 2.05) is 0 Å². The molecule has 0 radical (unpaired) electrons. The van der Waals surface area contributed by atoms with Gasteiger partial charge in [0.25, 0.3) is 0 Å². The molecule has 0 spiro atoms. The van der Waals surface area contributed by atoms with Gasteiger partial charge in [-0.2, -0.15) is 5.10 Å². The highest BCUT2D eigenvalue weighted by Gasteiger charge is 2.11. The van der Waals surface area contributed by atoms with Gasteiger partial charge in [-0.05, 0) is 30.2 Å². The molecule has 0 amide bonds. The van der Waals surface area contributed by atoms with Crippen molar-refractivity contribution in [2.45, 2.75) is 18.4 Å². The summed E-state index contributed by atoms with van der Waals surface area (Å²) in [4.78, 5) is -0.0396. The molecule has 1 heterocycles. The van der Waals surface area contributed by atoms with Crippen LogP contribution in [0.2, 0.25) is 0 Å². The van der Waals surface area contributed by atoms with Gasteiger partial charge in [0.2, 0.25) is 10.0 Å². The third-order valence-corrected chi connectivity index (χ3v) is 3.44. The number of sulfonamides is 1. The average molecular weight is 269 g/mol. The van der Waals surface area contributed by atoms with E-state index in [1.54, 1.807) is 13.0 Å². The average Bonchev–Trinajstić information content (AvgIpc) is 2.70. The predicted octanol–water partition coefficient (Wildman–Crippen LogP) is 1.03. The van der Waals surface area contributed by atoms with Crippen molar-refractivity contribution in [2.75, 3.05) is 0 Å². The van der Waals surface area contributed by atoms with Crippen molar-refractivity contribution < 1.29 is 12.8 Å². The molecule has 0 saturated carbocycles. The number of rotatable bonds is 3. The molecule has 18 heavy (non-hydrogen) atoms. The summed E-state index contributed by atoms with van der Waals surface area (Å²) in [5.41, 5.74) is 1.64. The second-order valence-corrected chi connectivity index (χ2v) is 5.55. The smallest absolute Gasteiger partial charge is 0.241 e. The minimum Gasteiger partial charge on any atom is -0.267 e. The van der Waals surface area contributed by atoms with Gasteiger partial charge >= 0.3 is 0 Å². The van der Waals surface area contributed by atoms with Crippen molar-refractivity contribution in [3.63, 3.8) is 0 Å². The summed E-state index contributed by atoms with van der Waals surface area (Å²) < 4.78 is 36.5. The summed E-state index contributed by atoms with van der Waals surface area (Å²) in [5, 5.41) is 8.89. The summed E-state index contributed by atoms with van der Waals surface area (Å²) in [6, 6.07) is 4.41. The summed E-state index contributed by atoms with van der Waals surface area (Å²) in [5.74, 6) is -0.304. The quantitative estimate of drug-likeness (QED) is 0.903. The number of primary sulfonamides is 1. The van der Waals surface area contributed by atoms with Crippen LogP contribution < -0.4 is 5.14 Å². The maximum Gasteiger partial charge on any atom is 0.241 e. The van der Waals surface area contributed by atoms with Crippen LogP contribution in [0.4, 0.5) is 4.39 Å². The fourth-order valence-corrected chi connectivity index (χ4v) is 2.05. The van der Waals surface area contributed by atoms with Gasteiger partial charge in [-0.15, -0.1) is 0 Å². The molecule has 2 aromatic rings. The first-order chi connectivity index (χ1) is 8.36. The number of aromatic nitrogens is 2. The first kappa shape index (κ1) is 12.7. The zero-order chi connectivity index (χ0) is 13.3. The van der Waals surface area contributed by atoms with E-state index in [1.165, 1.54) is 29.2 Å². The molecule has 1 aromatic carbocycles. The molecule has 0 bridgehead atoms. The van der Waals surface area contributed by atoms with Gasteiger partial charge in [0.05, 0.1) is 12.7 Å². The fourth-order valence-electron chi connectivity index (χ4n) is 1.59. The molecule has 0 aliphatic carbocycles. The van der Waals surface area contributed by atoms with Crippen molar-refractivity contribution in [1.29, 1.82) is 0 Å². The van der Waals surface area contributed by atoms with Gasteiger partial charge in [-0.25, -0.2) is 17.9 Å². The van der Waals surface area contributed by atoms with Crippen molar-refractivity contribution in [2.24, 2.45) is 5.14 Å². The molecule has 0 aliphatic rings. The Hall–Kier alpha value is -1.73. The van der Waals surface area contributed by atoms with E-state index in [2.05, 4.69) is 5.10 Å². The SMILES string of the molecule is Cc1cc(F)ccc1Cn1cc(S(N)(=O)=O)cn1. The summed E-state index contributed by atoms with van der Waals surface area (Å²) in [6.07, 6.45) is 2.53. The van der Waals surface area contributed by atoms with Crippen LogP contribution in [0.1, 0.15) is 11.1 Å². The lowest BCUT2D eigenvalue weighted by atomic mass is 10.1. The van der Waals surface area contributed by atoms with Gasteiger partial charge in [0, 0.05) is 6.20 Å². The number of nitrogens with two attached hydrogens (primary N) is 1. The second kappa shape index (κ2) is 4.51. The number of nitrogens with zero attached hydrogens (tertiary/aromatic N) is 2. The molecule has 0 fully saturated rings. The van der Waals surface area contributed by atoms with Crippen molar-refractivity contribution in [3.8, 4) is 0 Å². The normalized spacial score (nSPS) is 11.7. The maximum absolute atomic E-state index is 12.9. The van der Waals surface area contributed by atoms with Crippen LogP contribution >= 0.6 is 0 Å². The second-order valence-electron chi connectivity index (χ2n) is 3.99. The number of halogens is 1. The predicted molar refractivity (Wildman–Crippen MR) is 63.8 cm³/mol. The molecule has 1 aromatic heterocycles. The molecule has 2 rings (SSSR count). The minimum atomic E-state index is -3.73. The topological polar surface area (TPSA) is 78.0 Å². The van der Waals surface area contributed by atoms with Crippen molar-refractivity contribution in [3.05, 3.63) is 47.5 Å². The molecule has 0 unspecified atom stereocenters.